The average molecular weight is 335 g/mol. The molecule has 0 saturated heterocycles. The van der Waals surface area contributed by atoms with Crippen molar-refractivity contribution in [3.63, 3.8) is 0 Å². The van der Waals surface area contributed by atoms with Crippen LogP contribution in [-0.2, 0) is 0 Å². The van der Waals surface area contributed by atoms with E-state index in [9.17, 15) is 4.79 Å². The van der Waals surface area contributed by atoms with E-state index >= 15 is 0 Å². The molecule has 8 heteroatoms. The third-order valence-corrected chi connectivity index (χ3v) is 4.89. The fourth-order valence-electron chi connectivity index (χ4n) is 3.83. The minimum atomic E-state index is -0.555. The number of ether oxygens (including phenoxy) is 1. The van der Waals surface area contributed by atoms with Crippen LogP contribution in [0.1, 0.15) is 15.9 Å². The highest BCUT2D eigenvalue weighted by Crippen LogP contribution is 2.32. The van der Waals surface area contributed by atoms with Crippen LogP contribution in [0.25, 0.3) is 27.6 Å². The molecular weight excluding hydrogens is 320 g/mol. The summed E-state index contributed by atoms with van der Waals surface area (Å²) in [6.07, 6.45) is 3.54. The van der Waals surface area contributed by atoms with E-state index in [0.29, 0.717) is 16.8 Å². The van der Waals surface area contributed by atoms with Crippen LogP contribution in [0.2, 0.25) is 0 Å². The predicted octanol–water partition coefficient (Wildman–Crippen LogP) is 0.915. The van der Waals surface area contributed by atoms with Gasteiger partial charge in [-0.3, -0.25) is 14.9 Å². The van der Waals surface area contributed by atoms with Gasteiger partial charge in [0.25, 0.3) is 11.7 Å². The molecule has 5 aromatic rings. The second kappa shape index (κ2) is 4.29. The first-order valence-corrected chi connectivity index (χ1v) is 7.74. The molecule has 1 aromatic carbocycles. The number of aromatic nitrogens is 4. The summed E-state index contributed by atoms with van der Waals surface area (Å²) in [4.78, 5) is 12.1. The molecule has 4 N–H and O–H groups in total. The van der Waals surface area contributed by atoms with Crippen LogP contribution in [-0.4, -0.2) is 27.0 Å². The van der Waals surface area contributed by atoms with Crippen molar-refractivity contribution in [2.45, 2.75) is 6.92 Å². The van der Waals surface area contributed by atoms with Crippen molar-refractivity contribution in [1.82, 2.24) is 14.0 Å². The predicted molar refractivity (Wildman–Crippen MR) is 92.2 cm³/mol. The number of nitrogens with zero attached hydrogens (tertiary/aromatic N) is 4. The summed E-state index contributed by atoms with van der Waals surface area (Å²) in [5, 5.41) is 5.11. The number of methoxy groups -OCH3 is 1. The first-order valence-electron chi connectivity index (χ1n) is 7.74. The molecule has 0 bridgehead atoms. The molecule has 0 spiro atoms. The van der Waals surface area contributed by atoms with Crippen LogP contribution >= 0.6 is 0 Å². The highest BCUT2D eigenvalue weighted by atomic mass is 16.5. The Balaban J connectivity index is 2.23. The van der Waals surface area contributed by atoms with Crippen LogP contribution in [0.15, 0.2) is 30.7 Å². The number of fused-ring (bicyclic) bond motifs is 3. The molecule has 4 aromatic heterocycles. The fourth-order valence-corrected chi connectivity index (χ4v) is 3.83. The quantitative estimate of drug-likeness (QED) is 0.370. The first kappa shape index (κ1) is 13.8. The number of carbonyl (C=O) groups excluding carboxylic acids is 1. The molecule has 0 fully saturated rings. The van der Waals surface area contributed by atoms with Gasteiger partial charge in [-0.05, 0) is 25.1 Å². The van der Waals surface area contributed by atoms with E-state index in [4.69, 9.17) is 16.2 Å². The number of hydrogen-bond donors (Lipinski definition) is 2. The molecule has 0 unspecified atom stereocenters. The number of amides is 1. The molecule has 0 radical (unpaired) electrons. The van der Waals surface area contributed by atoms with Gasteiger partial charge in [0.05, 0.1) is 12.6 Å². The van der Waals surface area contributed by atoms with Gasteiger partial charge in [-0.2, -0.15) is 9.50 Å². The van der Waals surface area contributed by atoms with Crippen LogP contribution in [0, 0.1) is 6.92 Å². The summed E-state index contributed by atoms with van der Waals surface area (Å²) in [5.41, 5.74) is 16.6. The van der Waals surface area contributed by atoms with Crippen molar-refractivity contribution in [1.29, 1.82) is 0 Å². The van der Waals surface area contributed by atoms with E-state index in [2.05, 4.69) is 5.10 Å². The fraction of sp³-hybridized carbons (Fsp3) is 0.118. The number of primary amides is 1. The molecule has 8 nitrogen and oxygen atoms in total. The Bertz CT molecular complexity index is 1330. The smallest absolute Gasteiger partial charge is 0.292 e. The monoisotopic (exact) mass is 335 g/mol. The zero-order valence-electron chi connectivity index (χ0n) is 13.6. The molecule has 0 saturated carbocycles. The van der Waals surface area contributed by atoms with Crippen molar-refractivity contribution in [2.24, 2.45) is 5.73 Å². The largest absolute Gasteiger partial charge is 0.496 e. The lowest BCUT2D eigenvalue weighted by atomic mass is 10.1. The molecule has 0 aliphatic rings. The number of hydrogen-bond acceptors (Lipinski definition) is 4. The van der Waals surface area contributed by atoms with E-state index in [1.807, 2.05) is 33.9 Å². The second-order valence-electron chi connectivity index (χ2n) is 6.07. The van der Waals surface area contributed by atoms with Gasteiger partial charge in [0.1, 0.15) is 17.6 Å². The molecule has 0 atom stereocenters. The number of nitrogen functional groups attached to an aromatic ring is 1. The number of pyridine rings is 1. The standard InChI is InChI=1S/C17H14N6O2/c1-8-11(25-2)4-3-10-13(8)23-14-9(12(15(23)18)16(19)24)5-6-22-17(14)21(10)7-20-22/h3-7,18H,1-2H3,(H2,19,24)/p+1. The molecule has 124 valence electrons. The van der Waals surface area contributed by atoms with Crippen molar-refractivity contribution in [2.75, 3.05) is 12.8 Å². The second-order valence-corrected chi connectivity index (χ2v) is 6.07. The Kier molecular flexibility index (Phi) is 2.38. The molecule has 0 aliphatic heterocycles. The Morgan fingerprint density at radius 2 is 2.08 bits per heavy atom. The molecule has 5 rings (SSSR count). The van der Waals surface area contributed by atoms with Gasteiger partial charge in [0, 0.05) is 17.1 Å². The Hall–Kier alpha value is -3.55. The zero-order valence-corrected chi connectivity index (χ0v) is 13.6. The normalized spacial score (nSPS) is 12.1. The molecule has 4 heterocycles. The topological polar surface area (TPSA) is 104 Å². The van der Waals surface area contributed by atoms with Gasteiger partial charge < -0.3 is 10.5 Å². The summed E-state index contributed by atoms with van der Waals surface area (Å²) in [7, 11) is 1.63. The SMILES string of the molecule is COc1ccc2c(c1C)[n+]1c(N)c(C(N)=O)c3ccn4ncn2c4c31. The minimum Gasteiger partial charge on any atom is -0.496 e. The van der Waals surface area contributed by atoms with Gasteiger partial charge >= 0.3 is 0 Å². The molecular formula is C17H15N6O2+. The lowest BCUT2D eigenvalue weighted by molar-refractivity contribution is -0.461. The van der Waals surface area contributed by atoms with Crippen molar-refractivity contribution < 1.29 is 13.9 Å². The Morgan fingerprint density at radius 1 is 1.28 bits per heavy atom. The Labute approximate surface area is 141 Å². The van der Waals surface area contributed by atoms with E-state index in [1.165, 1.54) is 0 Å². The number of carbonyl (C=O) groups is 1. The van der Waals surface area contributed by atoms with Crippen molar-refractivity contribution in [3.05, 3.63) is 41.9 Å². The maximum Gasteiger partial charge on any atom is 0.292 e. The highest BCUT2D eigenvalue weighted by molar-refractivity contribution is 6.12. The lowest BCUT2D eigenvalue weighted by Crippen LogP contribution is -2.28. The van der Waals surface area contributed by atoms with Crippen LogP contribution in [0.3, 0.4) is 0 Å². The van der Waals surface area contributed by atoms with Gasteiger partial charge in [-0.25, -0.2) is 4.52 Å². The maximum atomic E-state index is 12.1. The van der Waals surface area contributed by atoms with Crippen molar-refractivity contribution in [3.8, 4) is 5.75 Å². The third kappa shape index (κ3) is 1.44. The summed E-state index contributed by atoms with van der Waals surface area (Å²) in [6, 6.07) is 5.67. The van der Waals surface area contributed by atoms with Gasteiger partial charge in [-0.15, -0.1) is 0 Å². The van der Waals surface area contributed by atoms with Crippen molar-refractivity contribution >= 4 is 39.3 Å². The average Bonchev–Trinajstić information content (AvgIpc) is 3.13. The van der Waals surface area contributed by atoms with E-state index < -0.39 is 5.91 Å². The summed E-state index contributed by atoms with van der Waals surface area (Å²) >= 11 is 0. The zero-order chi connectivity index (χ0) is 17.5. The van der Waals surface area contributed by atoms with Gasteiger partial charge in [-0.1, -0.05) is 0 Å². The van der Waals surface area contributed by atoms with Crippen LogP contribution in [0.5, 0.6) is 5.75 Å². The number of anilines is 1. The number of rotatable bonds is 2. The van der Waals surface area contributed by atoms with Crippen LogP contribution < -0.4 is 20.6 Å². The number of aryl methyl sites for hydroxylation is 1. The van der Waals surface area contributed by atoms with E-state index in [0.717, 1.165) is 33.5 Å². The van der Waals surface area contributed by atoms with Gasteiger partial charge in [0.2, 0.25) is 0 Å². The van der Waals surface area contributed by atoms with Crippen LogP contribution in [0.4, 0.5) is 5.82 Å². The summed E-state index contributed by atoms with van der Waals surface area (Å²) in [5.74, 6) is 0.505. The highest BCUT2D eigenvalue weighted by Gasteiger charge is 2.30. The molecule has 25 heavy (non-hydrogen) atoms. The molecule has 1 amide bonds. The Morgan fingerprint density at radius 3 is 2.80 bits per heavy atom. The lowest BCUT2D eigenvalue weighted by Gasteiger charge is -2.10. The summed E-state index contributed by atoms with van der Waals surface area (Å²) in [6.45, 7) is 1.96. The number of nitrogens with two attached hydrogens (primary N) is 2. The van der Waals surface area contributed by atoms with Gasteiger partial charge in [0.15, 0.2) is 16.7 Å². The molecule has 0 aliphatic carbocycles. The van der Waals surface area contributed by atoms with E-state index in [1.54, 1.807) is 24.1 Å². The minimum absolute atomic E-state index is 0.320. The van der Waals surface area contributed by atoms with E-state index in [-0.39, 0.29) is 0 Å². The number of benzene rings is 1. The third-order valence-electron chi connectivity index (χ3n) is 4.89. The summed E-state index contributed by atoms with van der Waals surface area (Å²) < 4.78 is 11.1. The first-order chi connectivity index (χ1) is 12.0. The maximum absolute atomic E-state index is 12.1.